The van der Waals surface area contributed by atoms with Crippen molar-refractivity contribution in [2.24, 2.45) is 17.8 Å². The highest BCUT2D eigenvalue weighted by Gasteiger charge is 2.33. The van der Waals surface area contributed by atoms with E-state index < -0.39 is 5.60 Å². The van der Waals surface area contributed by atoms with E-state index in [2.05, 4.69) is 29.3 Å². The van der Waals surface area contributed by atoms with E-state index in [9.17, 15) is 9.90 Å². The van der Waals surface area contributed by atoms with Crippen molar-refractivity contribution in [2.45, 2.75) is 51.7 Å². The third kappa shape index (κ3) is 4.31. The molecule has 5 nitrogen and oxygen atoms in total. The predicted molar refractivity (Wildman–Crippen MR) is 95.8 cm³/mol. The Bertz CT molecular complexity index is 485. The van der Waals surface area contributed by atoms with Gasteiger partial charge in [0.25, 0.3) is 0 Å². The topological polar surface area (TPSA) is 55.8 Å². The maximum absolute atomic E-state index is 12.6. The molecule has 4 unspecified atom stereocenters. The van der Waals surface area contributed by atoms with Gasteiger partial charge in [0.05, 0.1) is 5.60 Å². The maximum Gasteiger partial charge on any atom is 0.317 e. The number of aliphatic hydroxyl groups is 1. The highest BCUT2D eigenvalue weighted by Crippen LogP contribution is 2.39. The van der Waals surface area contributed by atoms with Crippen molar-refractivity contribution >= 4 is 6.03 Å². The fraction of sp³-hybridized carbons (Fsp3) is 0.842. The van der Waals surface area contributed by atoms with Crippen LogP contribution in [0.3, 0.4) is 0 Å². The smallest absolute Gasteiger partial charge is 0.317 e. The summed E-state index contributed by atoms with van der Waals surface area (Å²) in [5.74, 6) is 2.02. The van der Waals surface area contributed by atoms with E-state index in [1.54, 1.807) is 0 Å². The monoisotopic (exact) mass is 335 g/mol. The minimum Gasteiger partial charge on any atom is -0.389 e. The molecule has 2 N–H and O–H groups in total. The number of allylic oxidation sites excluding steroid dienone is 2. The van der Waals surface area contributed by atoms with Crippen molar-refractivity contribution in [1.29, 1.82) is 0 Å². The Balaban J connectivity index is 1.45. The van der Waals surface area contributed by atoms with Crippen LogP contribution in [0.5, 0.6) is 0 Å². The normalized spacial score (nSPS) is 33.8. The van der Waals surface area contributed by atoms with Crippen LogP contribution in [0.25, 0.3) is 0 Å². The van der Waals surface area contributed by atoms with Crippen molar-refractivity contribution < 1.29 is 9.90 Å². The first-order valence-electron chi connectivity index (χ1n) is 9.49. The second kappa shape index (κ2) is 7.04. The van der Waals surface area contributed by atoms with E-state index in [0.29, 0.717) is 18.4 Å². The summed E-state index contributed by atoms with van der Waals surface area (Å²) < 4.78 is 0. The molecule has 5 heteroatoms. The third-order valence-corrected chi connectivity index (χ3v) is 5.81. The van der Waals surface area contributed by atoms with Crippen LogP contribution in [0.2, 0.25) is 0 Å². The Hall–Kier alpha value is -1.07. The van der Waals surface area contributed by atoms with Crippen LogP contribution in [0.4, 0.5) is 4.79 Å². The number of nitrogens with one attached hydrogen (secondary N) is 1. The van der Waals surface area contributed by atoms with Gasteiger partial charge >= 0.3 is 6.03 Å². The Morgan fingerprint density at radius 3 is 2.62 bits per heavy atom. The lowest BCUT2D eigenvalue weighted by Crippen LogP contribution is -2.58. The van der Waals surface area contributed by atoms with Gasteiger partial charge in [0.2, 0.25) is 0 Å². The zero-order valence-electron chi connectivity index (χ0n) is 15.4. The van der Waals surface area contributed by atoms with Crippen molar-refractivity contribution in [3.05, 3.63) is 12.2 Å². The first-order valence-corrected chi connectivity index (χ1v) is 9.49. The van der Waals surface area contributed by atoms with Crippen molar-refractivity contribution in [2.75, 3.05) is 32.7 Å². The lowest BCUT2D eigenvalue weighted by molar-refractivity contribution is 0.0118. The molecule has 0 aromatic heterocycles. The van der Waals surface area contributed by atoms with E-state index in [4.69, 9.17) is 0 Å². The summed E-state index contributed by atoms with van der Waals surface area (Å²) in [5, 5.41) is 13.2. The second-order valence-electron chi connectivity index (χ2n) is 8.66. The summed E-state index contributed by atoms with van der Waals surface area (Å²) in [4.78, 5) is 16.8. The van der Waals surface area contributed by atoms with E-state index in [-0.39, 0.29) is 12.1 Å². The van der Waals surface area contributed by atoms with E-state index in [1.807, 2.05) is 18.7 Å². The first-order chi connectivity index (χ1) is 11.3. The van der Waals surface area contributed by atoms with Gasteiger partial charge in [-0.25, -0.2) is 4.79 Å². The average molecular weight is 335 g/mol. The number of carbonyl (C=O) groups is 1. The van der Waals surface area contributed by atoms with Crippen LogP contribution >= 0.6 is 0 Å². The van der Waals surface area contributed by atoms with Gasteiger partial charge in [-0.15, -0.1) is 0 Å². The number of urea groups is 1. The summed E-state index contributed by atoms with van der Waals surface area (Å²) in [5.41, 5.74) is -0.683. The van der Waals surface area contributed by atoms with Crippen molar-refractivity contribution in [3.63, 3.8) is 0 Å². The molecule has 24 heavy (non-hydrogen) atoms. The van der Waals surface area contributed by atoms with Gasteiger partial charge in [-0.05, 0) is 57.8 Å². The molecule has 1 aliphatic heterocycles. The Labute approximate surface area is 146 Å². The number of amides is 2. The van der Waals surface area contributed by atoms with E-state index >= 15 is 0 Å². The SMILES string of the molecule is CC1CN(CC(C)(C)O)CCN1C(=O)NCC1CC2C=CC1CC2. The molecular weight excluding hydrogens is 302 g/mol. The maximum atomic E-state index is 12.6. The molecule has 0 radical (unpaired) electrons. The molecule has 0 aromatic rings. The molecule has 1 saturated heterocycles. The van der Waals surface area contributed by atoms with Gasteiger partial charge in [-0.1, -0.05) is 12.2 Å². The molecule has 1 saturated carbocycles. The quantitative estimate of drug-likeness (QED) is 0.774. The molecule has 2 fully saturated rings. The molecule has 4 aliphatic rings. The number of carbonyl (C=O) groups excluding carboxylic acids is 1. The largest absolute Gasteiger partial charge is 0.389 e. The number of rotatable bonds is 4. The fourth-order valence-corrected chi connectivity index (χ4v) is 4.63. The number of hydrogen-bond acceptors (Lipinski definition) is 3. The van der Waals surface area contributed by atoms with Crippen LogP contribution in [0, 0.1) is 17.8 Å². The molecule has 0 aromatic carbocycles. The molecule has 3 aliphatic carbocycles. The molecule has 0 spiro atoms. The zero-order valence-corrected chi connectivity index (χ0v) is 15.4. The van der Waals surface area contributed by atoms with Gasteiger partial charge < -0.3 is 15.3 Å². The fourth-order valence-electron chi connectivity index (χ4n) is 4.63. The molecular formula is C19H33N3O2. The van der Waals surface area contributed by atoms with Gasteiger partial charge in [-0.2, -0.15) is 0 Å². The number of nitrogens with zero attached hydrogens (tertiary/aromatic N) is 2. The number of β-amino-alcohol motifs (C(OH)–C–C–N with tert-alkyl or cyclic N) is 1. The summed E-state index contributed by atoms with van der Waals surface area (Å²) >= 11 is 0. The second-order valence-corrected chi connectivity index (χ2v) is 8.66. The van der Waals surface area contributed by atoms with E-state index in [0.717, 1.165) is 32.1 Å². The number of piperazine rings is 1. The molecule has 4 rings (SSSR count). The third-order valence-electron chi connectivity index (χ3n) is 5.81. The summed E-state index contributed by atoms with van der Waals surface area (Å²) in [6.45, 7) is 9.63. The first kappa shape index (κ1) is 17.7. The number of hydrogen-bond donors (Lipinski definition) is 2. The number of fused-ring (bicyclic) bond motifs is 2. The molecule has 4 atom stereocenters. The van der Waals surface area contributed by atoms with Gasteiger partial charge in [0.1, 0.15) is 0 Å². The van der Waals surface area contributed by atoms with Crippen LogP contribution in [-0.2, 0) is 0 Å². The van der Waals surface area contributed by atoms with Crippen LogP contribution in [0.1, 0.15) is 40.0 Å². The van der Waals surface area contributed by atoms with Gasteiger partial charge in [-0.3, -0.25) is 4.90 Å². The molecule has 2 bridgehead atoms. The Kier molecular flexibility index (Phi) is 5.21. The Morgan fingerprint density at radius 2 is 2.08 bits per heavy atom. The summed E-state index contributed by atoms with van der Waals surface area (Å²) in [6.07, 6.45) is 8.58. The lowest BCUT2D eigenvalue weighted by atomic mass is 9.69. The lowest BCUT2D eigenvalue weighted by Gasteiger charge is -2.42. The highest BCUT2D eigenvalue weighted by atomic mass is 16.3. The summed E-state index contributed by atoms with van der Waals surface area (Å²) in [6, 6.07) is 0.264. The minimum atomic E-state index is -0.683. The predicted octanol–water partition coefficient (Wildman–Crippen LogP) is 2.08. The average Bonchev–Trinajstić information content (AvgIpc) is 2.52. The van der Waals surface area contributed by atoms with Crippen molar-refractivity contribution in [1.82, 2.24) is 15.1 Å². The molecule has 136 valence electrons. The summed E-state index contributed by atoms with van der Waals surface area (Å²) in [7, 11) is 0. The minimum absolute atomic E-state index is 0.0795. The van der Waals surface area contributed by atoms with Crippen LogP contribution < -0.4 is 5.32 Å². The van der Waals surface area contributed by atoms with Crippen LogP contribution in [-0.4, -0.2) is 65.3 Å². The van der Waals surface area contributed by atoms with Gasteiger partial charge in [0.15, 0.2) is 0 Å². The molecule has 2 amide bonds. The van der Waals surface area contributed by atoms with Crippen LogP contribution in [0.15, 0.2) is 12.2 Å². The Morgan fingerprint density at radius 1 is 1.29 bits per heavy atom. The standard InChI is InChI=1S/C19H33N3O2/c1-14-12-21(13-19(2,3)24)8-9-22(14)18(23)20-11-17-10-15-4-6-16(17)7-5-15/h4,6,14-17,24H,5,7-13H2,1-3H3,(H,20,23). The molecule has 1 heterocycles. The highest BCUT2D eigenvalue weighted by molar-refractivity contribution is 5.74. The van der Waals surface area contributed by atoms with Crippen molar-refractivity contribution in [3.8, 4) is 0 Å². The van der Waals surface area contributed by atoms with E-state index in [1.165, 1.54) is 19.3 Å². The zero-order chi connectivity index (χ0) is 17.3. The van der Waals surface area contributed by atoms with Gasteiger partial charge in [0, 0.05) is 38.8 Å².